The summed E-state index contributed by atoms with van der Waals surface area (Å²) in [5, 5.41) is 10.8. The van der Waals surface area contributed by atoms with Crippen LogP contribution in [0.3, 0.4) is 0 Å². The molecule has 5 nitrogen and oxygen atoms in total. The number of anilines is 2. The summed E-state index contributed by atoms with van der Waals surface area (Å²) in [6.07, 6.45) is 0. The van der Waals surface area contributed by atoms with Crippen molar-refractivity contribution >= 4 is 27.5 Å². The fraction of sp³-hybridized carbons (Fsp3) is 0.182. The summed E-state index contributed by atoms with van der Waals surface area (Å²) >= 11 is 1.15. The number of aromatic nitrogens is 2. The van der Waals surface area contributed by atoms with Gasteiger partial charge in [-0.2, -0.15) is 0 Å². The Morgan fingerprint density at radius 2 is 2.06 bits per heavy atom. The standard InChI is InChI=1S/C11H12N4OS/c1-7(8-5-3-2-4-6-8)9(16)13-11-15-14-10(12)17-11/h2-7H,1H3,(H2,12,14)(H,13,15,16). The molecule has 1 aromatic heterocycles. The Labute approximate surface area is 103 Å². The van der Waals surface area contributed by atoms with Gasteiger partial charge in [-0.15, -0.1) is 10.2 Å². The van der Waals surface area contributed by atoms with Crippen molar-refractivity contribution in [2.24, 2.45) is 0 Å². The highest BCUT2D eigenvalue weighted by Crippen LogP contribution is 2.20. The van der Waals surface area contributed by atoms with Crippen LogP contribution in [0.1, 0.15) is 18.4 Å². The summed E-state index contributed by atoms with van der Waals surface area (Å²) in [4.78, 5) is 11.9. The summed E-state index contributed by atoms with van der Waals surface area (Å²) in [5.41, 5.74) is 6.40. The Hall–Kier alpha value is -1.95. The van der Waals surface area contributed by atoms with E-state index in [1.165, 1.54) is 0 Å². The van der Waals surface area contributed by atoms with Gasteiger partial charge in [-0.3, -0.25) is 10.1 Å². The summed E-state index contributed by atoms with van der Waals surface area (Å²) in [6.45, 7) is 1.84. The Bertz CT molecular complexity index is 511. The van der Waals surface area contributed by atoms with Crippen molar-refractivity contribution in [3.8, 4) is 0 Å². The van der Waals surface area contributed by atoms with Crippen LogP contribution < -0.4 is 11.1 Å². The maximum Gasteiger partial charge on any atom is 0.233 e. The van der Waals surface area contributed by atoms with Crippen molar-refractivity contribution in [1.82, 2.24) is 10.2 Å². The van der Waals surface area contributed by atoms with E-state index in [2.05, 4.69) is 15.5 Å². The lowest BCUT2D eigenvalue weighted by molar-refractivity contribution is -0.117. The first-order valence-corrected chi connectivity index (χ1v) is 5.93. The minimum atomic E-state index is -0.235. The van der Waals surface area contributed by atoms with Crippen molar-refractivity contribution < 1.29 is 4.79 Å². The number of carbonyl (C=O) groups is 1. The Balaban J connectivity index is 2.06. The third-order valence-corrected chi connectivity index (χ3v) is 3.03. The van der Waals surface area contributed by atoms with E-state index in [1.54, 1.807) is 0 Å². The van der Waals surface area contributed by atoms with Gasteiger partial charge < -0.3 is 5.73 Å². The fourth-order valence-electron chi connectivity index (χ4n) is 1.39. The molecule has 0 aliphatic rings. The predicted octanol–water partition coefficient (Wildman–Crippen LogP) is 1.86. The number of carbonyl (C=O) groups excluding carboxylic acids is 1. The van der Waals surface area contributed by atoms with Crippen LogP contribution in [0.5, 0.6) is 0 Å². The van der Waals surface area contributed by atoms with Crippen molar-refractivity contribution in [3.63, 3.8) is 0 Å². The lowest BCUT2D eigenvalue weighted by Crippen LogP contribution is -2.18. The number of nitrogens with one attached hydrogen (secondary N) is 1. The molecule has 2 aromatic rings. The Kier molecular flexibility index (Phi) is 3.34. The average Bonchev–Trinajstić information content (AvgIpc) is 2.75. The second kappa shape index (κ2) is 4.92. The topological polar surface area (TPSA) is 80.9 Å². The van der Waals surface area contributed by atoms with Gasteiger partial charge in [0.1, 0.15) is 0 Å². The average molecular weight is 248 g/mol. The number of hydrogen-bond acceptors (Lipinski definition) is 5. The molecule has 0 radical (unpaired) electrons. The van der Waals surface area contributed by atoms with Gasteiger partial charge in [0.25, 0.3) is 0 Å². The maximum atomic E-state index is 11.9. The first-order valence-electron chi connectivity index (χ1n) is 5.11. The number of nitrogens with zero attached hydrogens (tertiary/aromatic N) is 2. The van der Waals surface area contributed by atoms with Crippen LogP contribution in [0.2, 0.25) is 0 Å². The van der Waals surface area contributed by atoms with E-state index < -0.39 is 0 Å². The van der Waals surface area contributed by atoms with E-state index in [4.69, 9.17) is 5.73 Å². The van der Waals surface area contributed by atoms with E-state index in [9.17, 15) is 4.79 Å². The van der Waals surface area contributed by atoms with E-state index in [-0.39, 0.29) is 11.8 Å². The van der Waals surface area contributed by atoms with Crippen LogP contribution in [-0.4, -0.2) is 16.1 Å². The quantitative estimate of drug-likeness (QED) is 0.868. The highest BCUT2D eigenvalue weighted by molar-refractivity contribution is 7.18. The van der Waals surface area contributed by atoms with Crippen molar-refractivity contribution in [2.75, 3.05) is 11.1 Å². The highest BCUT2D eigenvalue weighted by Gasteiger charge is 2.16. The molecule has 88 valence electrons. The van der Waals surface area contributed by atoms with Gasteiger partial charge in [-0.05, 0) is 12.5 Å². The fourth-order valence-corrected chi connectivity index (χ4v) is 1.90. The number of rotatable bonds is 3. The molecule has 17 heavy (non-hydrogen) atoms. The number of hydrogen-bond donors (Lipinski definition) is 2. The molecule has 1 heterocycles. The summed E-state index contributed by atoms with van der Waals surface area (Å²) in [6, 6.07) is 9.56. The molecule has 0 fully saturated rings. The molecular weight excluding hydrogens is 236 g/mol. The van der Waals surface area contributed by atoms with Gasteiger partial charge in [0.2, 0.25) is 16.2 Å². The third-order valence-electron chi connectivity index (χ3n) is 2.36. The summed E-state index contributed by atoms with van der Waals surface area (Å²) in [5.74, 6) is -0.353. The van der Waals surface area contributed by atoms with Crippen molar-refractivity contribution in [3.05, 3.63) is 35.9 Å². The van der Waals surface area contributed by atoms with Gasteiger partial charge in [-0.25, -0.2) is 0 Å². The molecule has 6 heteroatoms. The molecule has 0 spiro atoms. The molecule has 3 N–H and O–H groups in total. The largest absolute Gasteiger partial charge is 0.374 e. The zero-order chi connectivity index (χ0) is 12.3. The SMILES string of the molecule is CC(C(=O)Nc1nnc(N)s1)c1ccccc1. The van der Waals surface area contributed by atoms with Gasteiger partial charge in [0, 0.05) is 0 Å². The first-order chi connectivity index (χ1) is 8.16. The zero-order valence-electron chi connectivity index (χ0n) is 9.25. The zero-order valence-corrected chi connectivity index (χ0v) is 10.1. The van der Waals surface area contributed by atoms with E-state index in [1.807, 2.05) is 37.3 Å². The van der Waals surface area contributed by atoms with Gasteiger partial charge in [-0.1, -0.05) is 41.7 Å². The lowest BCUT2D eigenvalue weighted by Gasteiger charge is -2.10. The van der Waals surface area contributed by atoms with Crippen molar-refractivity contribution in [2.45, 2.75) is 12.8 Å². The first kappa shape index (κ1) is 11.5. The van der Waals surface area contributed by atoms with Crippen LogP contribution in [-0.2, 0) is 4.79 Å². The molecule has 0 aliphatic carbocycles. The summed E-state index contributed by atoms with van der Waals surface area (Å²) < 4.78 is 0. The highest BCUT2D eigenvalue weighted by atomic mass is 32.1. The second-order valence-corrected chi connectivity index (χ2v) is 4.58. The van der Waals surface area contributed by atoms with Crippen LogP contribution >= 0.6 is 11.3 Å². The molecule has 1 atom stereocenters. The molecule has 2 rings (SSSR count). The minimum Gasteiger partial charge on any atom is -0.374 e. The number of benzene rings is 1. The van der Waals surface area contributed by atoms with E-state index in [0.717, 1.165) is 16.9 Å². The van der Waals surface area contributed by atoms with E-state index in [0.29, 0.717) is 10.3 Å². The summed E-state index contributed by atoms with van der Waals surface area (Å²) in [7, 11) is 0. The molecule has 1 unspecified atom stereocenters. The van der Waals surface area contributed by atoms with Gasteiger partial charge >= 0.3 is 0 Å². The van der Waals surface area contributed by atoms with E-state index >= 15 is 0 Å². The number of nitrogens with two attached hydrogens (primary N) is 1. The third kappa shape index (κ3) is 2.79. The monoisotopic (exact) mass is 248 g/mol. The molecule has 1 amide bonds. The Morgan fingerprint density at radius 1 is 1.35 bits per heavy atom. The number of nitrogen functional groups attached to an aromatic ring is 1. The molecule has 0 saturated carbocycles. The smallest absolute Gasteiger partial charge is 0.233 e. The molecule has 1 aromatic carbocycles. The van der Waals surface area contributed by atoms with Crippen LogP contribution in [0.4, 0.5) is 10.3 Å². The van der Waals surface area contributed by atoms with Crippen LogP contribution in [0, 0.1) is 0 Å². The van der Waals surface area contributed by atoms with Gasteiger partial charge in [0.05, 0.1) is 5.92 Å². The van der Waals surface area contributed by atoms with Gasteiger partial charge in [0.15, 0.2) is 0 Å². The predicted molar refractivity (Wildman–Crippen MR) is 67.8 cm³/mol. The number of amides is 1. The molecule has 0 saturated heterocycles. The second-order valence-electron chi connectivity index (χ2n) is 3.57. The van der Waals surface area contributed by atoms with Crippen molar-refractivity contribution in [1.29, 1.82) is 0 Å². The normalized spacial score (nSPS) is 12.1. The van der Waals surface area contributed by atoms with Crippen LogP contribution in [0.15, 0.2) is 30.3 Å². The molecule has 0 aliphatic heterocycles. The minimum absolute atomic E-state index is 0.118. The van der Waals surface area contributed by atoms with Crippen LogP contribution in [0.25, 0.3) is 0 Å². The Morgan fingerprint density at radius 3 is 2.65 bits per heavy atom. The molecular formula is C11H12N4OS. The maximum absolute atomic E-state index is 11.9. The molecule has 0 bridgehead atoms. The lowest BCUT2D eigenvalue weighted by atomic mass is 10.0.